The smallest absolute Gasteiger partial charge is 0.238 e. The lowest BCUT2D eigenvalue weighted by Gasteiger charge is -2.33. The van der Waals surface area contributed by atoms with E-state index in [9.17, 15) is 19.2 Å². The number of rotatable bonds is 0. The van der Waals surface area contributed by atoms with E-state index >= 15 is 0 Å². The first-order valence-electron chi connectivity index (χ1n) is 11.3. The zero-order valence-electron chi connectivity index (χ0n) is 18.6. The van der Waals surface area contributed by atoms with Crippen molar-refractivity contribution in [3.05, 3.63) is 94.2 Å². The topological polar surface area (TPSA) is 94.3 Å². The first kappa shape index (κ1) is 20.4. The fraction of sp³-hybridized carbons (Fsp3) is 0.179. The maximum Gasteiger partial charge on any atom is 0.238 e. The Kier molecular flexibility index (Phi) is 4.30. The SMILES string of the molecule is C/C=C1/C(=O)C2=C(C(=O)/C1=C/C)C1Nc3ccc4c(c3[NH+]=C1C=C2)C(=O)C1C=CC=CC1C4=O. The zero-order valence-corrected chi connectivity index (χ0v) is 18.6. The third kappa shape index (κ3) is 2.53. The molecule has 4 aliphatic carbocycles. The molecule has 0 aromatic heterocycles. The Labute approximate surface area is 195 Å². The van der Waals surface area contributed by atoms with Crippen LogP contribution in [-0.2, 0) is 9.59 Å². The van der Waals surface area contributed by atoms with Gasteiger partial charge < -0.3 is 5.32 Å². The lowest BCUT2D eigenvalue weighted by molar-refractivity contribution is -0.355. The molecule has 1 heterocycles. The fourth-order valence-electron chi connectivity index (χ4n) is 5.56. The number of benzene rings is 1. The molecule has 6 nitrogen and oxygen atoms in total. The van der Waals surface area contributed by atoms with Crippen molar-refractivity contribution in [2.24, 2.45) is 11.8 Å². The van der Waals surface area contributed by atoms with E-state index in [1.807, 2.05) is 0 Å². The Morgan fingerprint density at radius 3 is 2.24 bits per heavy atom. The lowest BCUT2D eigenvalue weighted by atomic mass is 9.71. The number of hydrogen-bond acceptors (Lipinski definition) is 5. The molecule has 3 unspecified atom stereocenters. The van der Waals surface area contributed by atoms with E-state index in [2.05, 4.69) is 10.3 Å². The van der Waals surface area contributed by atoms with Crippen LogP contribution in [0.2, 0.25) is 0 Å². The summed E-state index contributed by atoms with van der Waals surface area (Å²) >= 11 is 0. The van der Waals surface area contributed by atoms with Gasteiger partial charge in [0.1, 0.15) is 17.3 Å². The van der Waals surface area contributed by atoms with E-state index in [4.69, 9.17) is 0 Å². The lowest BCUT2D eigenvalue weighted by Crippen LogP contribution is -2.74. The van der Waals surface area contributed by atoms with Crippen molar-refractivity contribution in [2.45, 2.75) is 19.9 Å². The molecule has 0 fully saturated rings. The third-order valence-corrected chi connectivity index (χ3v) is 7.19. The molecule has 6 rings (SSSR count). The maximum absolute atomic E-state index is 13.4. The largest absolute Gasteiger partial charge is 0.364 e. The number of allylic oxidation sites excluding steroid dienone is 10. The number of fused-ring (bicyclic) bond motifs is 6. The number of carbonyl (C=O) groups excluding carboxylic acids is 4. The van der Waals surface area contributed by atoms with Crippen molar-refractivity contribution in [3.8, 4) is 0 Å². The summed E-state index contributed by atoms with van der Waals surface area (Å²) in [5, 5.41) is 3.36. The van der Waals surface area contributed by atoms with Gasteiger partial charge in [-0.1, -0.05) is 36.5 Å². The molecule has 0 radical (unpaired) electrons. The number of hydrogen-bond donors (Lipinski definition) is 2. The summed E-state index contributed by atoms with van der Waals surface area (Å²) in [4.78, 5) is 56.4. The molecule has 1 aliphatic heterocycles. The van der Waals surface area contributed by atoms with Crippen LogP contribution in [0.1, 0.15) is 34.6 Å². The normalized spacial score (nSPS) is 28.9. The van der Waals surface area contributed by atoms with E-state index in [-0.39, 0.29) is 23.1 Å². The fourth-order valence-corrected chi connectivity index (χ4v) is 5.56. The van der Waals surface area contributed by atoms with Gasteiger partial charge in [0.25, 0.3) is 0 Å². The van der Waals surface area contributed by atoms with Gasteiger partial charge >= 0.3 is 0 Å². The van der Waals surface area contributed by atoms with Gasteiger partial charge in [-0.2, -0.15) is 0 Å². The molecule has 166 valence electrons. The average molecular weight is 449 g/mol. The van der Waals surface area contributed by atoms with Crippen LogP contribution in [0.5, 0.6) is 0 Å². The van der Waals surface area contributed by atoms with Gasteiger partial charge in [0.15, 0.2) is 23.1 Å². The van der Waals surface area contributed by atoms with E-state index in [0.29, 0.717) is 50.5 Å². The predicted octanol–water partition coefficient (Wildman–Crippen LogP) is 2.28. The van der Waals surface area contributed by atoms with Crippen molar-refractivity contribution in [1.82, 2.24) is 0 Å². The molecule has 0 spiro atoms. The van der Waals surface area contributed by atoms with Gasteiger partial charge in [0.05, 0.1) is 11.8 Å². The quantitative estimate of drug-likeness (QED) is 0.593. The Hall–Kier alpha value is -4.19. The Bertz CT molecular complexity index is 1480. The van der Waals surface area contributed by atoms with Crippen molar-refractivity contribution >= 4 is 40.2 Å². The van der Waals surface area contributed by atoms with Gasteiger partial charge in [-0.15, -0.1) is 0 Å². The molecule has 1 aromatic carbocycles. The Morgan fingerprint density at radius 1 is 0.853 bits per heavy atom. The van der Waals surface area contributed by atoms with E-state index < -0.39 is 17.9 Å². The number of anilines is 1. The summed E-state index contributed by atoms with van der Waals surface area (Å²) in [7, 11) is 0. The molecule has 0 saturated heterocycles. The van der Waals surface area contributed by atoms with Crippen LogP contribution in [0.4, 0.5) is 11.4 Å². The minimum atomic E-state index is -0.560. The second-order valence-corrected chi connectivity index (χ2v) is 8.84. The van der Waals surface area contributed by atoms with Crippen LogP contribution in [0.25, 0.3) is 0 Å². The van der Waals surface area contributed by atoms with Crippen molar-refractivity contribution in [3.63, 3.8) is 0 Å². The van der Waals surface area contributed by atoms with Crippen LogP contribution < -0.4 is 10.3 Å². The molecule has 1 aromatic rings. The average Bonchev–Trinajstić information content (AvgIpc) is 2.86. The highest BCUT2D eigenvalue weighted by Crippen LogP contribution is 2.41. The molecule has 0 bridgehead atoms. The van der Waals surface area contributed by atoms with Crippen LogP contribution in [0.3, 0.4) is 0 Å². The number of Topliss-reactive ketones (excluding diaryl/α,β-unsaturated/α-hetero) is 4. The molecule has 34 heavy (non-hydrogen) atoms. The summed E-state index contributed by atoms with van der Waals surface area (Å²) in [6.45, 7) is 3.50. The third-order valence-electron chi connectivity index (χ3n) is 7.19. The van der Waals surface area contributed by atoms with Crippen LogP contribution >= 0.6 is 0 Å². The number of nitrogens with one attached hydrogen (secondary N) is 2. The summed E-state index contributed by atoms with van der Waals surface area (Å²) in [6.07, 6.45) is 13.9. The van der Waals surface area contributed by atoms with Crippen LogP contribution in [0, 0.1) is 11.8 Å². The molecule has 6 heteroatoms. The standard InChI is InChI=1S/C28H20N2O4/c1-3-13-14(4-2)27(33)21-17(25(13)31)9-11-19-23(21)29-20-12-10-18-22(24(20)30-19)28(34)16-8-6-5-7-15(16)26(18)32/h3-12,15-16,23,29H,1-2H3/p+1/b13-3+,14-4+. The number of carbonyl (C=O) groups is 4. The maximum atomic E-state index is 13.4. The predicted molar refractivity (Wildman–Crippen MR) is 127 cm³/mol. The molecular formula is C28H21N2O4+. The second kappa shape index (κ2) is 7.15. The monoisotopic (exact) mass is 449 g/mol. The van der Waals surface area contributed by atoms with E-state index in [1.54, 1.807) is 74.6 Å². The molecule has 2 N–H and O–H groups in total. The molecule has 5 aliphatic rings. The molecule has 0 saturated carbocycles. The second-order valence-electron chi connectivity index (χ2n) is 8.84. The summed E-state index contributed by atoms with van der Waals surface area (Å²) in [5.74, 6) is -1.56. The highest BCUT2D eigenvalue weighted by Gasteiger charge is 2.47. The highest BCUT2D eigenvalue weighted by atomic mass is 16.1. The van der Waals surface area contributed by atoms with Gasteiger partial charge in [-0.25, -0.2) is 4.99 Å². The van der Waals surface area contributed by atoms with E-state index in [1.165, 1.54) is 0 Å². The van der Waals surface area contributed by atoms with Crippen LogP contribution in [-0.4, -0.2) is 34.9 Å². The zero-order chi connectivity index (χ0) is 23.7. The van der Waals surface area contributed by atoms with Gasteiger partial charge in [0.2, 0.25) is 11.4 Å². The summed E-state index contributed by atoms with van der Waals surface area (Å²) in [5.41, 5.74) is 4.13. The van der Waals surface area contributed by atoms with Crippen molar-refractivity contribution < 1.29 is 24.2 Å². The summed E-state index contributed by atoms with van der Waals surface area (Å²) < 4.78 is 0. The van der Waals surface area contributed by atoms with E-state index in [0.717, 1.165) is 0 Å². The Morgan fingerprint density at radius 2 is 1.53 bits per heavy atom. The first-order chi connectivity index (χ1) is 16.5. The molecular weight excluding hydrogens is 428 g/mol. The molecule has 3 atom stereocenters. The van der Waals surface area contributed by atoms with Gasteiger partial charge in [-0.3, -0.25) is 19.2 Å². The highest BCUT2D eigenvalue weighted by molar-refractivity contribution is 6.34. The van der Waals surface area contributed by atoms with Crippen LogP contribution in [0.15, 0.2) is 83.0 Å². The van der Waals surface area contributed by atoms with Gasteiger partial charge in [-0.05, 0) is 32.1 Å². The number of ketones is 4. The summed E-state index contributed by atoms with van der Waals surface area (Å²) in [6, 6.07) is 2.87. The van der Waals surface area contributed by atoms with Gasteiger partial charge in [0, 0.05) is 33.9 Å². The van der Waals surface area contributed by atoms with Crippen molar-refractivity contribution in [1.29, 1.82) is 0 Å². The molecule has 0 amide bonds. The minimum absolute atomic E-state index is 0.0780. The van der Waals surface area contributed by atoms with Crippen molar-refractivity contribution in [2.75, 3.05) is 5.32 Å². The Balaban J connectivity index is 1.50. The minimum Gasteiger partial charge on any atom is -0.364 e. The first-order valence-corrected chi connectivity index (χ1v) is 11.3.